The quantitative estimate of drug-likeness (QED) is 0.609. The molecule has 23 heavy (non-hydrogen) atoms. The average Bonchev–Trinajstić information content (AvgIpc) is 2.54. The van der Waals surface area contributed by atoms with Gasteiger partial charge in [0.15, 0.2) is 0 Å². The van der Waals surface area contributed by atoms with E-state index in [1.807, 2.05) is 60.7 Å². The van der Waals surface area contributed by atoms with Crippen molar-refractivity contribution < 1.29 is 9.90 Å². The van der Waals surface area contributed by atoms with Gasteiger partial charge in [-0.3, -0.25) is 0 Å². The third kappa shape index (κ3) is 5.29. The van der Waals surface area contributed by atoms with Crippen LogP contribution in [-0.2, 0) is 4.79 Å². The van der Waals surface area contributed by atoms with Crippen molar-refractivity contribution >= 4 is 32.9 Å². The molecule has 0 saturated carbocycles. The predicted octanol–water partition coefficient (Wildman–Crippen LogP) is 3.08. The van der Waals surface area contributed by atoms with Crippen LogP contribution in [0.25, 0.3) is 0 Å². The SMILES string of the molecule is C[Si](C)(C)C(=O)/C(=C/C(O)c1ccccc1)[Se]c1ccccc1. The van der Waals surface area contributed by atoms with Crippen molar-refractivity contribution in [2.24, 2.45) is 0 Å². The van der Waals surface area contributed by atoms with Gasteiger partial charge in [-0.2, -0.15) is 0 Å². The molecule has 0 amide bonds. The molecular weight excluding hydrogens is 367 g/mol. The number of rotatable bonds is 6. The molecule has 0 saturated heterocycles. The third-order valence-corrected chi connectivity index (χ3v) is 7.56. The van der Waals surface area contributed by atoms with Crippen LogP contribution >= 0.6 is 0 Å². The summed E-state index contributed by atoms with van der Waals surface area (Å²) in [6, 6.07) is 19.5. The van der Waals surface area contributed by atoms with Gasteiger partial charge in [0.25, 0.3) is 0 Å². The summed E-state index contributed by atoms with van der Waals surface area (Å²) < 4.78 is 1.93. The van der Waals surface area contributed by atoms with Crippen molar-refractivity contribution in [3.63, 3.8) is 0 Å². The van der Waals surface area contributed by atoms with Gasteiger partial charge in [-0.25, -0.2) is 0 Å². The van der Waals surface area contributed by atoms with Gasteiger partial charge in [0, 0.05) is 0 Å². The van der Waals surface area contributed by atoms with Crippen molar-refractivity contribution in [1.29, 1.82) is 0 Å². The summed E-state index contributed by atoms with van der Waals surface area (Å²) in [5.41, 5.74) is 0.817. The average molecular weight is 389 g/mol. The Morgan fingerprint density at radius 1 is 1.00 bits per heavy atom. The number of allylic oxidation sites excluding steroid dienone is 1. The van der Waals surface area contributed by atoms with Crippen LogP contribution in [0, 0.1) is 0 Å². The molecule has 120 valence electrons. The molecular formula is C19H22O2SeSi. The molecule has 2 nitrogen and oxygen atoms in total. The molecule has 0 aliphatic heterocycles. The molecule has 2 aromatic rings. The Morgan fingerprint density at radius 2 is 1.52 bits per heavy atom. The Hall–Kier alpha value is -1.45. The minimum atomic E-state index is -1.95. The first-order valence-electron chi connectivity index (χ1n) is 7.60. The summed E-state index contributed by atoms with van der Waals surface area (Å²) in [4.78, 5) is 12.8. The summed E-state index contributed by atoms with van der Waals surface area (Å²) in [5.74, 6) is 0. The maximum atomic E-state index is 12.8. The van der Waals surface area contributed by atoms with E-state index in [1.54, 1.807) is 6.08 Å². The number of carbonyl (C=O) groups is 1. The Kier molecular flexibility index (Phi) is 6.14. The molecule has 2 rings (SSSR count). The van der Waals surface area contributed by atoms with Gasteiger partial charge in [0.1, 0.15) is 0 Å². The fraction of sp³-hybridized carbons (Fsp3) is 0.211. The first kappa shape index (κ1) is 17.9. The van der Waals surface area contributed by atoms with E-state index in [0.29, 0.717) is 0 Å². The molecule has 1 atom stereocenters. The molecule has 0 aromatic heterocycles. The standard InChI is InChI=1S/C19H22O2SeSi/c1-23(2,3)19(21)18(22-16-12-8-5-9-13-16)14-17(20)15-10-6-4-7-11-15/h4-14,17,20H,1-3H3/b18-14-. The minimum absolute atomic E-state index is 0.0889. The number of hydrogen-bond donors (Lipinski definition) is 1. The number of hydrogen-bond acceptors (Lipinski definition) is 2. The Bertz CT molecular complexity index is 676. The van der Waals surface area contributed by atoms with E-state index < -0.39 is 14.2 Å². The molecule has 2 aromatic carbocycles. The zero-order chi connectivity index (χ0) is 16.9. The summed E-state index contributed by atoms with van der Waals surface area (Å²) in [6.45, 7) is 6.16. The van der Waals surface area contributed by atoms with Crippen molar-refractivity contribution in [1.82, 2.24) is 0 Å². The fourth-order valence-corrected chi connectivity index (χ4v) is 6.80. The normalized spacial score (nSPS) is 13.7. The van der Waals surface area contributed by atoms with Crippen LogP contribution in [0.15, 0.2) is 71.2 Å². The van der Waals surface area contributed by atoms with Crippen LogP contribution < -0.4 is 4.46 Å². The van der Waals surface area contributed by atoms with Crippen molar-refractivity contribution in [2.75, 3.05) is 0 Å². The zero-order valence-corrected chi connectivity index (χ0v) is 16.4. The van der Waals surface area contributed by atoms with Crippen molar-refractivity contribution in [2.45, 2.75) is 25.7 Å². The molecule has 4 heteroatoms. The van der Waals surface area contributed by atoms with Gasteiger partial charge in [-0.15, -0.1) is 0 Å². The zero-order valence-electron chi connectivity index (χ0n) is 13.7. The Balaban J connectivity index is 2.33. The molecule has 0 fully saturated rings. The van der Waals surface area contributed by atoms with Gasteiger partial charge in [0.05, 0.1) is 0 Å². The summed E-state index contributed by atoms with van der Waals surface area (Å²) >= 11 is -0.0889. The number of aliphatic hydroxyl groups excluding tert-OH is 1. The van der Waals surface area contributed by atoms with Crippen LogP contribution in [0.1, 0.15) is 11.7 Å². The molecule has 0 heterocycles. The second-order valence-corrected chi connectivity index (χ2v) is 13.7. The van der Waals surface area contributed by atoms with E-state index in [0.717, 1.165) is 14.5 Å². The third-order valence-electron chi connectivity index (χ3n) is 3.33. The molecule has 0 aliphatic rings. The van der Waals surface area contributed by atoms with Crippen molar-refractivity contribution in [3.05, 3.63) is 76.8 Å². The van der Waals surface area contributed by atoms with Gasteiger partial charge in [-0.05, 0) is 0 Å². The van der Waals surface area contributed by atoms with Gasteiger partial charge < -0.3 is 0 Å². The van der Waals surface area contributed by atoms with E-state index >= 15 is 0 Å². The number of benzene rings is 2. The van der Waals surface area contributed by atoms with Crippen LogP contribution in [0.2, 0.25) is 19.6 Å². The molecule has 0 spiro atoms. The number of carbonyl (C=O) groups excluding carboxylic acids is 1. The summed E-state index contributed by atoms with van der Waals surface area (Å²) in [5, 5.41) is 10.7. The van der Waals surface area contributed by atoms with Crippen molar-refractivity contribution in [3.8, 4) is 0 Å². The summed E-state index contributed by atoms with van der Waals surface area (Å²) in [7, 11) is -1.95. The van der Waals surface area contributed by atoms with E-state index in [-0.39, 0.29) is 20.4 Å². The van der Waals surface area contributed by atoms with Crippen LogP contribution in [0.3, 0.4) is 0 Å². The molecule has 0 aliphatic carbocycles. The van der Waals surface area contributed by atoms with E-state index in [4.69, 9.17) is 0 Å². The van der Waals surface area contributed by atoms with E-state index in [2.05, 4.69) is 19.6 Å². The molecule has 1 N–H and O–H groups in total. The Labute approximate surface area is 145 Å². The van der Waals surface area contributed by atoms with E-state index in [1.165, 1.54) is 0 Å². The van der Waals surface area contributed by atoms with Gasteiger partial charge in [-0.1, -0.05) is 0 Å². The van der Waals surface area contributed by atoms with Gasteiger partial charge in [0.2, 0.25) is 0 Å². The van der Waals surface area contributed by atoms with E-state index in [9.17, 15) is 9.90 Å². The van der Waals surface area contributed by atoms with Gasteiger partial charge >= 0.3 is 145 Å². The molecule has 1 unspecified atom stereocenters. The number of aliphatic hydroxyl groups is 1. The topological polar surface area (TPSA) is 37.3 Å². The van der Waals surface area contributed by atoms with Crippen LogP contribution in [-0.4, -0.2) is 33.5 Å². The fourth-order valence-electron chi connectivity index (χ4n) is 2.03. The van der Waals surface area contributed by atoms with Crippen LogP contribution in [0.5, 0.6) is 0 Å². The Morgan fingerprint density at radius 3 is 2.04 bits per heavy atom. The molecule has 0 radical (unpaired) electrons. The monoisotopic (exact) mass is 390 g/mol. The predicted molar refractivity (Wildman–Crippen MR) is 99.7 cm³/mol. The van der Waals surface area contributed by atoms with Crippen LogP contribution in [0.4, 0.5) is 0 Å². The molecule has 0 bridgehead atoms. The first-order valence-corrected chi connectivity index (χ1v) is 12.8. The second-order valence-electron chi connectivity index (χ2n) is 6.38. The summed E-state index contributed by atoms with van der Waals surface area (Å²) in [6.07, 6.45) is 1.01. The first-order chi connectivity index (χ1) is 10.9. The second kappa shape index (κ2) is 7.89. The maximum absolute atomic E-state index is 12.8.